The Kier molecular flexibility index (Phi) is 4.79. The summed E-state index contributed by atoms with van der Waals surface area (Å²) < 4.78 is 0. The molecule has 0 fully saturated rings. The van der Waals surface area contributed by atoms with Crippen LogP contribution in [-0.2, 0) is 0 Å². The molecule has 0 bridgehead atoms. The fourth-order valence-electron chi connectivity index (χ4n) is 1.48. The Hall–Kier alpha value is -0.860. The van der Waals surface area contributed by atoms with Crippen molar-refractivity contribution in [3.05, 3.63) is 35.4 Å². The van der Waals surface area contributed by atoms with E-state index < -0.39 is 0 Å². The summed E-state index contributed by atoms with van der Waals surface area (Å²) in [5, 5.41) is 12.5. The maximum absolute atomic E-state index is 9.13. The zero-order valence-electron chi connectivity index (χ0n) is 9.83. The van der Waals surface area contributed by atoms with Crippen molar-refractivity contribution in [2.45, 2.75) is 39.3 Å². The van der Waals surface area contributed by atoms with Crippen LogP contribution in [0.1, 0.15) is 37.4 Å². The fraction of sp³-hybridized carbons (Fsp3) is 0.538. The second-order valence-electron chi connectivity index (χ2n) is 4.22. The molecular formula is C13H21NO. The summed E-state index contributed by atoms with van der Waals surface area (Å²) in [6.45, 7) is 6.91. The number of hydrogen-bond donors (Lipinski definition) is 2. The first-order valence-corrected chi connectivity index (χ1v) is 5.57. The van der Waals surface area contributed by atoms with Crippen LogP contribution in [-0.4, -0.2) is 17.8 Å². The molecule has 84 valence electrons. The molecule has 1 aromatic carbocycles. The third-order valence-electron chi connectivity index (χ3n) is 2.59. The summed E-state index contributed by atoms with van der Waals surface area (Å²) >= 11 is 0. The Balaban J connectivity index is 2.40. The Morgan fingerprint density at radius 2 is 1.80 bits per heavy atom. The Morgan fingerprint density at radius 1 is 1.20 bits per heavy atom. The van der Waals surface area contributed by atoms with E-state index in [1.165, 1.54) is 11.1 Å². The molecule has 0 amide bonds. The van der Waals surface area contributed by atoms with E-state index in [0.29, 0.717) is 6.04 Å². The van der Waals surface area contributed by atoms with E-state index in [4.69, 9.17) is 5.11 Å². The highest BCUT2D eigenvalue weighted by Crippen LogP contribution is 2.12. The quantitative estimate of drug-likeness (QED) is 0.777. The van der Waals surface area contributed by atoms with Crippen molar-refractivity contribution in [2.75, 3.05) is 6.54 Å². The Morgan fingerprint density at radius 3 is 2.33 bits per heavy atom. The van der Waals surface area contributed by atoms with Gasteiger partial charge in [-0.25, -0.2) is 0 Å². The molecule has 0 spiro atoms. The first-order valence-electron chi connectivity index (χ1n) is 5.57. The molecule has 0 saturated heterocycles. The van der Waals surface area contributed by atoms with Gasteiger partial charge in [-0.15, -0.1) is 0 Å². The number of benzene rings is 1. The average molecular weight is 207 g/mol. The molecule has 0 saturated carbocycles. The van der Waals surface area contributed by atoms with E-state index in [0.717, 1.165) is 13.0 Å². The summed E-state index contributed by atoms with van der Waals surface area (Å²) in [5.41, 5.74) is 2.58. The molecule has 2 N–H and O–H groups in total. The summed E-state index contributed by atoms with van der Waals surface area (Å²) in [6.07, 6.45) is 0.582. The molecule has 0 aliphatic heterocycles. The van der Waals surface area contributed by atoms with Crippen LogP contribution >= 0.6 is 0 Å². The first-order chi connectivity index (χ1) is 7.09. The van der Waals surface area contributed by atoms with E-state index in [2.05, 4.69) is 43.4 Å². The van der Waals surface area contributed by atoms with Gasteiger partial charge in [-0.3, -0.25) is 0 Å². The first kappa shape index (κ1) is 12.2. The molecule has 1 rings (SSSR count). The molecule has 2 unspecified atom stereocenters. The summed E-state index contributed by atoms with van der Waals surface area (Å²) in [5.74, 6) is 0. The molecule has 1 aromatic rings. The lowest BCUT2D eigenvalue weighted by Crippen LogP contribution is -2.22. The van der Waals surface area contributed by atoms with Gasteiger partial charge in [0.15, 0.2) is 0 Å². The van der Waals surface area contributed by atoms with Gasteiger partial charge in [0.05, 0.1) is 6.10 Å². The third-order valence-corrected chi connectivity index (χ3v) is 2.59. The number of aliphatic hydroxyl groups excluding tert-OH is 1. The highest BCUT2D eigenvalue weighted by atomic mass is 16.3. The van der Waals surface area contributed by atoms with Gasteiger partial charge < -0.3 is 10.4 Å². The zero-order chi connectivity index (χ0) is 11.3. The van der Waals surface area contributed by atoms with Crippen LogP contribution in [0.25, 0.3) is 0 Å². The van der Waals surface area contributed by atoms with Gasteiger partial charge in [0.2, 0.25) is 0 Å². The minimum atomic E-state index is -0.220. The van der Waals surface area contributed by atoms with Crippen LogP contribution in [0.15, 0.2) is 24.3 Å². The van der Waals surface area contributed by atoms with Gasteiger partial charge >= 0.3 is 0 Å². The highest BCUT2D eigenvalue weighted by Gasteiger charge is 2.04. The van der Waals surface area contributed by atoms with E-state index in [1.54, 1.807) is 0 Å². The normalized spacial score (nSPS) is 14.9. The van der Waals surface area contributed by atoms with Gasteiger partial charge in [0.1, 0.15) is 0 Å². The minimum absolute atomic E-state index is 0.220. The predicted molar refractivity (Wildman–Crippen MR) is 63.9 cm³/mol. The topological polar surface area (TPSA) is 32.3 Å². The van der Waals surface area contributed by atoms with Crippen molar-refractivity contribution in [1.29, 1.82) is 0 Å². The van der Waals surface area contributed by atoms with Crippen LogP contribution in [0, 0.1) is 6.92 Å². The van der Waals surface area contributed by atoms with Gasteiger partial charge in [0, 0.05) is 6.04 Å². The average Bonchev–Trinajstić information content (AvgIpc) is 2.18. The lowest BCUT2D eigenvalue weighted by Gasteiger charge is -2.15. The largest absolute Gasteiger partial charge is 0.393 e. The fourth-order valence-corrected chi connectivity index (χ4v) is 1.48. The van der Waals surface area contributed by atoms with Crippen molar-refractivity contribution >= 4 is 0 Å². The lowest BCUT2D eigenvalue weighted by molar-refractivity contribution is 0.182. The van der Waals surface area contributed by atoms with Crippen molar-refractivity contribution in [1.82, 2.24) is 5.32 Å². The van der Waals surface area contributed by atoms with Gasteiger partial charge in [-0.1, -0.05) is 29.8 Å². The van der Waals surface area contributed by atoms with Crippen molar-refractivity contribution < 1.29 is 5.11 Å². The maximum Gasteiger partial charge on any atom is 0.0524 e. The van der Waals surface area contributed by atoms with Crippen LogP contribution in [0.3, 0.4) is 0 Å². The lowest BCUT2D eigenvalue weighted by atomic mass is 10.1. The molecule has 0 aromatic heterocycles. The molecule has 2 nitrogen and oxygen atoms in total. The predicted octanol–water partition coefficient (Wildman–Crippen LogP) is 2.42. The molecule has 0 aliphatic carbocycles. The second kappa shape index (κ2) is 5.89. The zero-order valence-corrected chi connectivity index (χ0v) is 9.83. The smallest absolute Gasteiger partial charge is 0.0524 e. The van der Waals surface area contributed by atoms with E-state index in [9.17, 15) is 0 Å². The third kappa shape index (κ3) is 4.45. The van der Waals surface area contributed by atoms with Crippen LogP contribution < -0.4 is 5.32 Å². The minimum Gasteiger partial charge on any atom is -0.393 e. The number of hydrogen-bond acceptors (Lipinski definition) is 2. The molecule has 0 heterocycles. The molecule has 15 heavy (non-hydrogen) atoms. The summed E-state index contributed by atoms with van der Waals surface area (Å²) in [7, 11) is 0. The van der Waals surface area contributed by atoms with E-state index in [-0.39, 0.29) is 6.10 Å². The highest BCUT2D eigenvalue weighted by molar-refractivity contribution is 5.23. The molecule has 0 radical (unpaired) electrons. The monoisotopic (exact) mass is 207 g/mol. The van der Waals surface area contributed by atoms with E-state index in [1.807, 2.05) is 6.92 Å². The van der Waals surface area contributed by atoms with Crippen LogP contribution in [0.5, 0.6) is 0 Å². The standard InChI is InChI=1S/C13H21NO/c1-10-4-6-13(7-5-10)12(3)14-9-8-11(2)15/h4-7,11-12,14-15H,8-9H2,1-3H3. The Labute approximate surface area is 92.3 Å². The Bertz CT molecular complexity index is 279. The molecule has 2 atom stereocenters. The number of aryl methyl sites for hydroxylation is 1. The van der Waals surface area contributed by atoms with Crippen LogP contribution in [0.4, 0.5) is 0 Å². The van der Waals surface area contributed by atoms with Gasteiger partial charge in [0.25, 0.3) is 0 Å². The van der Waals surface area contributed by atoms with Crippen molar-refractivity contribution in [3.63, 3.8) is 0 Å². The number of nitrogens with one attached hydrogen (secondary N) is 1. The van der Waals surface area contributed by atoms with E-state index >= 15 is 0 Å². The maximum atomic E-state index is 9.13. The summed E-state index contributed by atoms with van der Waals surface area (Å²) in [4.78, 5) is 0. The van der Waals surface area contributed by atoms with Gasteiger partial charge in [-0.05, 0) is 39.3 Å². The summed E-state index contributed by atoms with van der Waals surface area (Å²) in [6, 6.07) is 8.90. The van der Waals surface area contributed by atoms with Crippen LogP contribution in [0.2, 0.25) is 0 Å². The van der Waals surface area contributed by atoms with Crippen molar-refractivity contribution in [2.24, 2.45) is 0 Å². The molecular weight excluding hydrogens is 186 g/mol. The molecule has 0 aliphatic rings. The van der Waals surface area contributed by atoms with Gasteiger partial charge in [-0.2, -0.15) is 0 Å². The molecule has 2 heteroatoms. The van der Waals surface area contributed by atoms with Crippen molar-refractivity contribution in [3.8, 4) is 0 Å². The number of rotatable bonds is 5. The number of aliphatic hydroxyl groups is 1. The second-order valence-corrected chi connectivity index (χ2v) is 4.22. The SMILES string of the molecule is Cc1ccc(C(C)NCCC(C)O)cc1.